The smallest absolute Gasteiger partial charge is 0.164 e. The number of halogens is 1. The van der Waals surface area contributed by atoms with Gasteiger partial charge in [0.15, 0.2) is 17.5 Å². The fourth-order valence-corrected chi connectivity index (χ4v) is 7.39. The zero-order chi connectivity index (χ0) is 38.1. The van der Waals surface area contributed by atoms with Crippen molar-refractivity contribution in [3.63, 3.8) is 0 Å². The van der Waals surface area contributed by atoms with E-state index in [0.717, 1.165) is 61.3 Å². The van der Waals surface area contributed by atoms with Crippen LogP contribution in [-0.2, 0) is 0 Å². The van der Waals surface area contributed by atoms with Crippen LogP contribution >= 0.6 is 0 Å². The molecule has 57 heavy (non-hydrogen) atoms. The van der Waals surface area contributed by atoms with Crippen molar-refractivity contribution < 1.29 is 8.81 Å². The van der Waals surface area contributed by atoms with Crippen LogP contribution in [0.5, 0.6) is 0 Å². The van der Waals surface area contributed by atoms with Gasteiger partial charge in [0.05, 0.1) is 0 Å². The second-order valence-corrected chi connectivity index (χ2v) is 13.8. The van der Waals surface area contributed by atoms with Crippen molar-refractivity contribution in [1.82, 2.24) is 15.0 Å². The van der Waals surface area contributed by atoms with Crippen LogP contribution in [0, 0.1) is 5.82 Å². The highest BCUT2D eigenvalue weighted by Crippen LogP contribution is 2.40. The molecule has 0 bridgehead atoms. The van der Waals surface area contributed by atoms with Crippen LogP contribution in [-0.4, -0.2) is 15.0 Å². The minimum absolute atomic E-state index is 0.319. The molecule has 10 rings (SSSR count). The van der Waals surface area contributed by atoms with Crippen LogP contribution in [0.4, 0.5) is 21.5 Å². The Balaban J connectivity index is 1.01. The van der Waals surface area contributed by atoms with Crippen molar-refractivity contribution in [2.45, 2.75) is 0 Å². The summed E-state index contributed by atoms with van der Waals surface area (Å²) in [7, 11) is 0. The van der Waals surface area contributed by atoms with Crippen LogP contribution in [0.25, 0.3) is 78.4 Å². The molecule has 0 unspecified atom stereocenters. The first-order valence-electron chi connectivity index (χ1n) is 18.8. The number of anilines is 3. The molecule has 6 heteroatoms. The molecular weight excluding hydrogens is 704 g/mol. The van der Waals surface area contributed by atoms with E-state index in [2.05, 4.69) is 120 Å². The van der Waals surface area contributed by atoms with Gasteiger partial charge in [0, 0.05) is 44.5 Å². The Morgan fingerprint density at radius 1 is 0.368 bits per heavy atom. The summed E-state index contributed by atoms with van der Waals surface area (Å²) < 4.78 is 20.4. The predicted molar refractivity (Wildman–Crippen MR) is 229 cm³/mol. The van der Waals surface area contributed by atoms with Crippen molar-refractivity contribution in [2.75, 3.05) is 4.90 Å². The molecule has 0 aliphatic heterocycles. The van der Waals surface area contributed by atoms with Gasteiger partial charge in [-0.2, -0.15) is 0 Å². The highest BCUT2D eigenvalue weighted by Gasteiger charge is 2.19. The van der Waals surface area contributed by atoms with E-state index < -0.39 is 0 Å². The van der Waals surface area contributed by atoms with E-state index in [1.165, 1.54) is 23.3 Å². The third-order valence-corrected chi connectivity index (χ3v) is 10.2. The fourth-order valence-electron chi connectivity index (χ4n) is 7.39. The van der Waals surface area contributed by atoms with Crippen LogP contribution < -0.4 is 4.90 Å². The Kier molecular flexibility index (Phi) is 8.61. The predicted octanol–water partition coefficient (Wildman–Crippen LogP) is 13.7. The number of benzene rings is 8. The van der Waals surface area contributed by atoms with E-state index >= 15 is 0 Å². The van der Waals surface area contributed by atoms with Gasteiger partial charge < -0.3 is 9.32 Å². The molecule has 0 amide bonds. The zero-order valence-corrected chi connectivity index (χ0v) is 30.6. The van der Waals surface area contributed by atoms with Crippen molar-refractivity contribution in [2.24, 2.45) is 0 Å². The maximum Gasteiger partial charge on any atom is 0.164 e. The maximum absolute atomic E-state index is 13.9. The lowest BCUT2D eigenvalue weighted by atomic mass is 10.0. The van der Waals surface area contributed by atoms with E-state index in [0.29, 0.717) is 23.0 Å². The minimum atomic E-state index is -0.319. The number of hydrogen-bond acceptors (Lipinski definition) is 5. The van der Waals surface area contributed by atoms with Gasteiger partial charge in [0.1, 0.15) is 17.0 Å². The topological polar surface area (TPSA) is 55.1 Å². The molecule has 0 aliphatic rings. The minimum Gasteiger partial charge on any atom is -0.456 e. The molecule has 270 valence electrons. The summed E-state index contributed by atoms with van der Waals surface area (Å²) >= 11 is 0. The molecule has 5 nitrogen and oxygen atoms in total. The molecule has 0 atom stereocenters. The molecule has 0 radical (unpaired) electrons. The normalized spacial score (nSPS) is 11.2. The second kappa shape index (κ2) is 14.5. The van der Waals surface area contributed by atoms with E-state index in [-0.39, 0.29) is 5.82 Å². The Morgan fingerprint density at radius 3 is 1.47 bits per heavy atom. The summed E-state index contributed by atoms with van der Waals surface area (Å²) in [4.78, 5) is 17.0. The molecule has 0 N–H and O–H groups in total. The highest BCUT2D eigenvalue weighted by molar-refractivity contribution is 6.12. The van der Waals surface area contributed by atoms with Gasteiger partial charge >= 0.3 is 0 Å². The number of rotatable bonds is 8. The first-order valence-corrected chi connectivity index (χ1v) is 18.8. The lowest BCUT2D eigenvalue weighted by Crippen LogP contribution is -2.09. The van der Waals surface area contributed by atoms with E-state index in [1.54, 1.807) is 12.1 Å². The summed E-state index contributed by atoms with van der Waals surface area (Å²) in [6.45, 7) is 0. The van der Waals surface area contributed by atoms with Crippen molar-refractivity contribution in [3.05, 3.63) is 206 Å². The molecular formula is C51H33FN4O. The average Bonchev–Trinajstić information content (AvgIpc) is 3.66. The van der Waals surface area contributed by atoms with Crippen LogP contribution in [0.1, 0.15) is 0 Å². The number of aromatic nitrogens is 3. The number of fused-ring (bicyclic) bond motifs is 3. The lowest BCUT2D eigenvalue weighted by molar-refractivity contribution is 0.628. The third kappa shape index (κ3) is 6.59. The van der Waals surface area contributed by atoms with Gasteiger partial charge in [-0.05, 0) is 101 Å². The molecule has 0 spiro atoms. The summed E-state index contributed by atoms with van der Waals surface area (Å²) in [5.74, 6) is 1.18. The summed E-state index contributed by atoms with van der Waals surface area (Å²) in [6, 6.07) is 66.5. The lowest BCUT2D eigenvalue weighted by Gasteiger charge is -2.26. The number of nitrogens with zero attached hydrogens (tertiary/aromatic N) is 4. The summed E-state index contributed by atoms with van der Waals surface area (Å²) in [5.41, 5.74) is 11.6. The van der Waals surface area contributed by atoms with E-state index in [4.69, 9.17) is 19.4 Å². The second-order valence-electron chi connectivity index (χ2n) is 13.8. The first-order chi connectivity index (χ1) is 28.1. The van der Waals surface area contributed by atoms with Gasteiger partial charge in [-0.25, -0.2) is 19.3 Å². The number of furan rings is 1. The largest absolute Gasteiger partial charge is 0.456 e. The molecule has 0 saturated carbocycles. The van der Waals surface area contributed by atoms with Gasteiger partial charge in [0.25, 0.3) is 0 Å². The van der Waals surface area contributed by atoms with Crippen molar-refractivity contribution in [3.8, 4) is 56.4 Å². The maximum atomic E-state index is 13.9. The van der Waals surface area contributed by atoms with Crippen molar-refractivity contribution in [1.29, 1.82) is 0 Å². The van der Waals surface area contributed by atoms with Crippen LogP contribution in [0.3, 0.4) is 0 Å². The average molecular weight is 737 g/mol. The standard InChI is InChI=1S/C51H33FN4O/c52-40-26-19-38(20-27-40)50-53-49(37-13-6-2-7-14-37)54-51(55-50)45-17-10-18-46-48(45)44-32-25-39(33-47(44)57-46)36-23-30-43(31-24-36)56(41-15-8-3-9-16-41)42-28-21-35(22-29-42)34-11-4-1-5-12-34/h1-33H. The molecule has 0 saturated heterocycles. The van der Waals surface area contributed by atoms with Gasteiger partial charge in [-0.3, -0.25) is 0 Å². The van der Waals surface area contributed by atoms with Gasteiger partial charge in [-0.15, -0.1) is 0 Å². The molecule has 10 aromatic rings. The monoisotopic (exact) mass is 736 g/mol. The van der Waals surface area contributed by atoms with E-state index in [9.17, 15) is 4.39 Å². The Bertz CT molecular complexity index is 2990. The SMILES string of the molecule is Fc1ccc(-c2nc(-c3ccccc3)nc(-c3cccc4oc5cc(-c6ccc(N(c7ccccc7)c7ccc(-c8ccccc8)cc7)cc6)ccc5c34)n2)cc1. The van der Waals surface area contributed by atoms with E-state index in [1.807, 2.05) is 60.7 Å². The zero-order valence-electron chi connectivity index (χ0n) is 30.6. The first kappa shape index (κ1) is 33.8. The van der Waals surface area contributed by atoms with Crippen LogP contribution in [0.2, 0.25) is 0 Å². The number of para-hydroxylation sites is 1. The fraction of sp³-hybridized carbons (Fsp3) is 0. The number of hydrogen-bond donors (Lipinski definition) is 0. The van der Waals surface area contributed by atoms with Gasteiger partial charge in [-0.1, -0.05) is 121 Å². The summed E-state index contributed by atoms with van der Waals surface area (Å²) in [6.07, 6.45) is 0. The van der Waals surface area contributed by atoms with Crippen LogP contribution in [0.15, 0.2) is 205 Å². The third-order valence-electron chi connectivity index (χ3n) is 10.2. The summed E-state index contributed by atoms with van der Waals surface area (Å²) in [5, 5.41) is 1.88. The Morgan fingerprint density at radius 2 is 0.842 bits per heavy atom. The molecule has 2 aromatic heterocycles. The Labute approximate surface area is 329 Å². The molecule has 0 fully saturated rings. The molecule has 0 aliphatic carbocycles. The quantitative estimate of drug-likeness (QED) is 0.155. The van der Waals surface area contributed by atoms with Crippen molar-refractivity contribution >= 4 is 39.0 Å². The molecule has 2 heterocycles. The molecule has 8 aromatic carbocycles. The highest BCUT2D eigenvalue weighted by atomic mass is 19.1. The van der Waals surface area contributed by atoms with Gasteiger partial charge in [0.2, 0.25) is 0 Å². The Hall–Kier alpha value is -7.70.